The van der Waals surface area contributed by atoms with Gasteiger partial charge in [0.2, 0.25) is 0 Å². The number of anilines is 2. The fraction of sp³-hybridized carbons (Fsp3) is 0.135. The highest BCUT2D eigenvalue weighted by atomic mass is 16.5. The molecule has 1 aliphatic carbocycles. The third kappa shape index (κ3) is 3.05. The first kappa shape index (κ1) is 22.8. The molecule has 4 aromatic carbocycles. The van der Waals surface area contributed by atoms with E-state index in [0.717, 1.165) is 52.9 Å². The van der Waals surface area contributed by atoms with E-state index in [-0.39, 0.29) is 5.41 Å². The summed E-state index contributed by atoms with van der Waals surface area (Å²) in [6.07, 6.45) is 8.18. The van der Waals surface area contributed by atoms with Gasteiger partial charge in [-0.2, -0.15) is 0 Å². The predicted molar refractivity (Wildman–Crippen MR) is 165 cm³/mol. The van der Waals surface area contributed by atoms with E-state index < -0.39 is 0 Å². The highest BCUT2D eigenvalue weighted by molar-refractivity contribution is 6.12. The van der Waals surface area contributed by atoms with Crippen LogP contribution >= 0.6 is 0 Å². The summed E-state index contributed by atoms with van der Waals surface area (Å²) in [5.41, 5.74) is 10.5. The van der Waals surface area contributed by atoms with E-state index in [4.69, 9.17) is 9.15 Å². The molecule has 0 bridgehead atoms. The lowest BCUT2D eigenvalue weighted by Crippen LogP contribution is -2.24. The Labute approximate surface area is 238 Å². The number of hydrogen-bond acceptors (Lipinski definition) is 3. The quantitative estimate of drug-likeness (QED) is 0.222. The molecule has 0 radical (unpaired) electrons. The summed E-state index contributed by atoms with van der Waals surface area (Å²) < 4.78 is 14.7. The third-order valence-corrected chi connectivity index (χ3v) is 9.05. The normalized spacial score (nSPS) is 16.5. The van der Waals surface area contributed by atoms with E-state index >= 15 is 0 Å². The average Bonchev–Trinajstić information content (AvgIpc) is 3.63. The lowest BCUT2D eigenvalue weighted by atomic mass is 9.79. The van der Waals surface area contributed by atoms with Crippen molar-refractivity contribution in [3.63, 3.8) is 0 Å². The second-order valence-electron chi connectivity index (χ2n) is 11.7. The van der Waals surface area contributed by atoms with Crippen LogP contribution in [0.4, 0.5) is 11.4 Å². The van der Waals surface area contributed by atoms with E-state index in [1.54, 1.807) is 0 Å². The van der Waals surface area contributed by atoms with Gasteiger partial charge >= 0.3 is 0 Å². The number of benzene rings is 4. The van der Waals surface area contributed by atoms with Crippen molar-refractivity contribution in [2.24, 2.45) is 0 Å². The number of aromatic nitrogens is 1. The first-order chi connectivity index (χ1) is 20.1. The van der Waals surface area contributed by atoms with Crippen LogP contribution in [-0.2, 0) is 5.41 Å². The second kappa shape index (κ2) is 8.05. The monoisotopic (exact) mass is 532 g/mol. The van der Waals surface area contributed by atoms with Gasteiger partial charge in [-0.3, -0.25) is 0 Å². The highest BCUT2D eigenvalue weighted by Gasteiger charge is 2.37. The Morgan fingerprint density at radius 1 is 0.780 bits per heavy atom. The summed E-state index contributed by atoms with van der Waals surface area (Å²) in [5.74, 6) is 2.97. The molecule has 0 fully saturated rings. The Hall–Kier alpha value is -4.96. The van der Waals surface area contributed by atoms with Gasteiger partial charge < -0.3 is 18.6 Å². The van der Waals surface area contributed by atoms with Gasteiger partial charge in [0.25, 0.3) is 0 Å². The number of nitrogens with zero attached hydrogens (tertiary/aromatic N) is 2. The van der Waals surface area contributed by atoms with Crippen molar-refractivity contribution < 1.29 is 9.15 Å². The molecule has 0 spiro atoms. The fourth-order valence-electron chi connectivity index (χ4n) is 7.08. The van der Waals surface area contributed by atoms with Gasteiger partial charge in [0.1, 0.15) is 11.5 Å². The molecule has 4 heterocycles. The van der Waals surface area contributed by atoms with Crippen LogP contribution in [0.3, 0.4) is 0 Å². The third-order valence-electron chi connectivity index (χ3n) is 9.05. The Morgan fingerprint density at radius 2 is 1.63 bits per heavy atom. The molecular formula is C37H28N2O2. The largest absolute Gasteiger partial charge is 0.466 e. The molecule has 0 unspecified atom stereocenters. The van der Waals surface area contributed by atoms with Crippen molar-refractivity contribution in [2.45, 2.75) is 32.1 Å². The molecule has 2 aromatic heterocycles. The van der Waals surface area contributed by atoms with Crippen molar-refractivity contribution in [2.75, 3.05) is 4.90 Å². The van der Waals surface area contributed by atoms with Gasteiger partial charge in [-0.15, -0.1) is 0 Å². The fourth-order valence-corrected chi connectivity index (χ4v) is 7.08. The van der Waals surface area contributed by atoms with Crippen LogP contribution in [0.1, 0.15) is 38.0 Å². The molecule has 9 rings (SSSR count). The number of hydrogen-bond donors (Lipinski definition) is 0. The van der Waals surface area contributed by atoms with Crippen LogP contribution in [0, 0.1) is 0 Å². The number of para-hydroxylation sites is 3. The summed E-state index contributed by atoms with van der Waals surface area (Å²) in [5, 5.41) is 2.54. The second-order valence-corrected chi connectivity index (χ2v) is 11.7. The zero-order chi connectivity index (χ0) is 27.3. The van der Waals surface area contributed by atoms with Crippen LogP contribution in [0.2, 0.25) is 0 Å². The van der Waals surface area contributed by atoms with Crippen LogP contribution in [0.25, 0.3) is 38.6 Å². The Kier molecular flexibility index (Phi) is 4.48. The topological polar surface area (TPSA) is 30.5 Å². The maximum atomic E-state index is 6.29. The first-order valence-electron chi connectivity index (χ1n) is 14.3. The molecular weight excluding hydrogens is 504 g/mol. The predicted octanol–water partition coefficient (Wildman–Crippen LogP) is 9.78. The van der Waals surface area contributed by atoms with Crippen LogP contribution < -0.4 is 9.64 Å². The number of furan rings is 1. The molecule has 6 aromatic rings. The van der Waals surface area contributed by atoms with Crippen molar-refractivity contribution in [3.8, 4) is 22.6 Å². The highest BCUT2D eigenvalue weighted by Crippen LogP contribution is 2.49. The zero-order valence-corrected chi connectivity index (χ0v) is 23.0. The minimum atomic E-state index is -0.192. The van der Waals surface area contributed by atoms with Gasteiger partial charge in [0, 0.05) is 28.9 Å². The molecule has 3 aliphatic rings. The van der Waals surface area contributed by atoms with Crippen molar-refractivity contribution in [1.82, 2.24) is 4.57 Å². The Bertz CT molecular complexity index is 2100. The van der Waals surface area contributed by atoms with Crippen LogP contribution in [-0.4, -0.2) is 4.57 Å². The van der Waals surface area contributed by atoms with E-state index in [1.165, 1.54) is 38.5 Å². The van der Waals surface area contributed by atoms with Crippen molar-refractivity contribution in [1.29, 1.82) is 0 Å². The number of ether oxygens (including phenoxy) is 1. The number of allylic oxidation sites excluding steroid dienone is 3. The summed E-state index contributed by atoms with van der Waals surface area (Å²) in [7, 11) is 0. The molecule has 0 N–H and O–H groups in total. The molecule has 0 atom stereocenters. The molecule has 2 aliphatic heterocycles. The van der Waals surface area contributed by atoms with Gasteiger partial charge in [-0.05, 0) is 79.4 Å². The lowest BCUT2D eigenvalue weighted by Gasteiger charge is -2.35. The number of fused-ring (bicyclic) bond motifs is 6. The Balaban J connectivity index is 1.17. The molecule has 0 saturated carbocycles. The van der Waals surface area contributed by atoms with E-state index in [2.05, 4.69) is 120 Å². The van der Waals surface area contributed by atoms with Crippen LogP contribution in [0.5, 0.6) is 5.75 Å². The smallest absolute Gasteiger partial charge is 0.151 e. The van der Waals surface area contributed by atoms with Crippen LogP contribution in [0.15, 0.2) is 125 Å². The van der Waals surface area contributed by atoms with Gasteiger partial charge in [0.05, 0.1) is 39.8 Å². The lowest BCUT2D eigenvalue weighted by molar-refractivity contribution is 0.388. The Morgan fingerprint density at radius 3 is 2.54 bits per heavy atom. The zero-order valence-electron chi connectivity index (χ0n) is 23.0. The SMILES string of the molecule is CC1(C)c2occc2-n2c3ccc(-c4ccc(N5C6=C(CCC=C6)Oc6ccccc65)cc4)cc3c3cccc1c32. The number of rotatable bonds is 2. The molecule has 0 saturated heterocycles. The first-order valence-corrected chi connectivity index (χ1v) is 14.3. The minimum absolute atomic E-state index is 0.192. The average molecular weight is 533 g/mol. The minimum Gasteiger partial charge on any atom is -0.466 e. The summed E-state index contributed by atoms with van der Waals surface area (Å²) >= 11 is 0. The molecule has 4 heteroatoms. The van der Waals surface area contributed by atoms with E-state index in [0.29, 0.717) is 0 Å². The summed E-state index contributed by atoms with van der Waals surface area (Å²) in [6, 6.07) is 32.9. The van der Waals surface area contributed by atoms with Gasteiger partial charge in [-0.25, -0.2) is 0 Å². The molecule has 0 amide bonds. The van der Waals surface area contributed by atoms with Gasteiger partial charge in [0.15, 0.2) is 5.75 Å². The molecule has 198 valence electrons. The summed E-state index contributed by atoms with van der Waals surface area (Å²) in [6.45, 7) is 4.51. The molecule has 41 heavy (non-hydrogen) atoms. The van der Waals surface area contributed by atoms with Crippen molar-refractivity contribution in [3.05, 3.63) is 132 Å². The van der Waals surface area contributed by atoms with E-state index in [9.17, 15) is 0 Å². The maximum Gasteiger partial charge on any atom is 0.151 e. The van der Waals surface area contributed by atoms with Gasteiger partial charge in [-0.1, -0.05) is 54.6 Å². The molecule has 4 nitrogen and oxygen atoms in total. The van der Waals surface area contributed by atoms with Crippen molar-refractivity contribution >= 4 is 33.2 Å². The standard InChI is InChI=1S/C37H28N2O2/c1-37(2)28-9-7-8-26-27-22-24(16-19-29(27)39(35(26)28)32-20-21-40-36(32)37)23-14-17-25(18-15-23)38-30-10-3-5-12-33(30)41-34-13-6-4-11-31(34)38/h3-5,7-12,14-22H,6,13H2,1-2H3. The maximum absolute atomic E-state index is 6.29. The summed E-state index contributed by atoms with van der Waals surface area (Å²) in [4.78, 5) is 2.33. The van der Waals surface area contributed by atoms with E-state index in [1.807, 2.05) is 12.3 Å².